The summed E-state index contributed by atoms with van der Waals surface area (Å²) in [7, 11) is 3.23. The number of carbonyl (C=O) groups is 3. The van der Waals surface area contributed by atoms with E-state index in [1.165, 1.54) is 11.9 Å². The maximum Gasteiger partial charge on any atom is 0.236 e. The van der Waals surface area contributed by atoms with E-state index >= 15 is 0 Å². The Morgan fingerprint density at radius 3 is 2.65 bits per heavy atom. The molecule has 2 rings (SSSR count). The highest BCUT2D eigenvalue weighted by Crippen LogP contribution is 2.32. The third-order valence-electron chi connectivity index (χ3n) is 3.59. The molecule has 0 bridgehead atoms. The maximum absolute atomic E-state index is 11.8. The highest BCUT2D eigenvalue weighted by Gasteiger charge is 2.48. The highest BCUT2D eigenvalue weighted by atomic mass is 16.2. The molecule has 94 valence electrons. The van der Waals surface area contributed by atoms with E-state index in [9.17, 15) is 14.4 Å². The summed E-state index contributed by atoms with van der Waals surface area (Å²) in [4.78, 5) is 38.1. The molecular weight excluding hydrogens is 222 g/mol. The van der Waals surface area contributed by atoms with Crippen molar-refractivity contribution >= 4 is 17.7 Å². The number of carbonyl (C=O) groups excluding carboxylic acids is 3. The van der Waals surface area contributed by atoms with Gasteiger partial charge in [-0.05, 0) is 13.5 Å². The van der Waals surface area contributed by atoms with Crippen LogP contribution in [0.4, 0.5) is 0 Å². The van der Waals surface area contributed by atoms with Crippen LogP contribution in [0.3, 0.4) is 0 Å². The molecule has 3 amide bonds. The van der Waals surface area contributed by atoms with Gasteiger partial charge in [0.15, 0.2) is 0 Å². The third-order valence-corrected chi connectivity index (χ3v) is 3.59. The zero-order chi connectivity index (χ0) is 12.6. The lowest BCUT2D eigenvalue weighted by Gasteiger charge is -2.32. The summed E-state index contributed by atoms with van der Waals surface area (Å²) < 4.78 is 0. The molecule has 0 aromatic carbocycles. The molecule has 2 aliphatic heterocycles. The average molecular weight is 239 g/mol. The number of piperidine rings is 1. The second-order valence-corrected chi connectivity index (χ2v) is 4.61. The number of likely N-dealkylation sites (N-methyl/N-ethyl adjacent to an activating group) is 1. The molecule has 0 spiro atoms. The minimum Gasteiger partial charge on any atom is -0.341 e. The Hall–Kier alpha value is -1.43. The number of fused-ring (bicyclic) bond motifs is 1. The SMILES string of the molecule is CNCC(=O)N1CCC2C(=O)N(C)C(=O)C2C1. The zero-order valence-corrected chi connectivity index (χ0v) is 10.1. The Balaban J connectivity index is 2.07. The smallest absolute Gasteiger partial charge is 0.236 e. The number of rotatable bonds is 2. The topological polar surface area (TPSA) is 69.7 Å². The van der Waals surface area contributed by atoms with Gasteiger partial charge in [0.1, 0.15) is 0 Å². The number of hydrogen-bond acceptors (Lipinski definition) is 4. The van der Waals surface area contributed by atoms with Crippen molar-refractivity contribution in [1.82, 2.24) is 15.1 Å². The lowest BCUT2D eigenvalue weighted by molar-refractivity contribution is -0.138. The fraction of sp³-hybridized carbons (Fsp3) is 0.727. The van der Waals surface area contributed by atoms with E-state index in [1.807, 2.05) is 0 Å². The van der Waals surface area contributed by atoms with Gasteiger partial charge < -0.3 is 10.2 Å². The predicted octanol–water partition coefficient (Wildman–Crippen LogP) is -1.33. The van der Waals surface area contributed by atoms with E-state index < -0.39 is 0 Å². The van der Waals surface area contributed by atoms with Crippen molar-refractivity contribution in [2.75, 3.05) is 33.7 Å². The Bertz CT molecular complexity index is 369. The molecule has 6 nitrogen and oxygen atoms in total. The molecule has 2 saturated heterocycles. The summed E-state index contributed by atoms with van der Waals surface area (Å²) in [5.41, 5.74) is 0. The van der Waals surface area contributed by atoms with Gasteiger partial charge in [0, 0.05) is 20.1 Å². The van der Waals surface area contributed by atoms with Gasteiger partial charge >= 0.3 is 0 Å². The van der Waals surface area contributed by atoms with Crippen molar-refractivity contribution in [2.45, 2.75) is 6.42 Å². The summed E-state index contributed by atoms with van der Waals surface area (Å²) in [6.45, 7) is 1.21. The number of nitrogens with zero attached hydrogens (tertiary/aromatic N) is 2. The van der Waals surface area contributed by atoms with Crippen molar-refractivity contribution in [2.24, 2.45) is 11.8 Å². The fourth-order valence-electron chi connectivity index (χ4n) is 2.59. The maximum atomic E-state index is 11.8. The molecule has 2 heterocycles. The first-order valence-electron chi connectivity index (χ1n) is 5.80. The minimum atomic E-state index is -0.331. The normalized spacial score (nSPS) is 28.6. The van der Waals surface area contributed by atoms with Gasteiger partial charge in [0.05, 0.1) is 18.4 Å². The van der Waals surface area contributed by atoms with Crippen LogP contribution in [0.1, 0.15) is 6.42 Å². The molecule has 6 heteroatoms. The van der Waals surface area contributed by atoms with E-state index in [4.69, 9.17) is 0 Å². The van der Waals surface area contributed by atoms with E-state index in [-0.39, 0.29) is 36.1 Å². The second kappa shape index (κ2) is 4.44. The summed E-state index contributed by atoms with van der Waals surface area (Å²) in [5.74, 6) is -0.809. The van der Waals surface area contributed by atoms with E-state index in [0.29, 0.717) is 19.5 Å². The first-order valence-corrected chi connectivity index (χ1v) is 5.80. The van der Waals surface area contributed by atoms with Gasteiger partial charge in [-0.15, -0.1) is 0 Å². The summed E-state index contributed by atoms with van der Waals surface area (Å²) >= 11 is 0. The predicted molar refractivity (Wildman–Crippen MR) is 59.9 cm³/mol. The number of nitrogens with one attached hydrogen (secondary N) is 1. The molecule has 2 unspecified atom stereocenters. The number of likely N-dealkylation sites (tertiary alicyclic amines) is 2. The van der Waals surface area contributed by atoms with Crippen LogP contribution in [0.2, 0.25) is 0 Å². The van der Waals surface area contributed by atoms with Crippen molar-refractivity contribution in [3.63, 3.8) is 0 Å². The van der Waals surface area contributed by atoms with Gasteiger partial charge in [-0.3, -0.25) is 19.3 Å². The van der Waals surface area contributed by atoms with Crippen LogP contribution in [0.5, 0.6) is 0 Å². The van der Waals surface area contributed by atoms with Gasteiger partial charge in [0.2, 0.25) is 17.7 Å². The van der Waals surface area contributed by atoms with Gasteiger partial charge in [0.25, 0.3) is 0 Å². The van der Waals surface area contributed by atoms with E-state index in [1.54, 1.807) is 11.9 Å². The zero-order valence-electron chi connectivity index (χ0n) is 10.1. The molecule has 2 fully saturated rings. The Morgan fingerprint density at radius 1 is 1.35 bits per heavy atom. The van der Waals surface area contributed by atoms with Crippen molar-refractivity contribution in [1.29, 1.82) is 0 Å². The Kier molecular flexibility index (Phi) is 3.15. The molecule has 17 heavy (non-hydrogen) atoms. The molecule has 0 aromatic heterocycles. The molecule has 0 aliphatic carbocycles. The van der Waals surface area contributed by atoms with Gasteiger partial charge in [-0.25, -0.2) is 0 Å². The van der Waals surface area contributed by atoms with Crippen LogP contribution in [0.15, 0.2) is 0 Å². The van der Waals surface area contributed by atoms with Gasteiger partial charge in [-0.1, -0.05) is 0 Å². The molecule has 0 aromatic rings. The highest BCUT2D eigenvalue weighted by molar-refractivity contribution is 6.05. The quantitative estimate of drug-likeness (QED) is 0.606. The first-order chi connectivity index (χ1) is 8.06. The monoisotopic (exact) mass is 239 g/mol. The van der Waals surface area contributed by atoms with E-state index in [0.717, 1.165) is 0 Å². The summed E-state index contributed by atoms with van der Waals surface area (Å²) in [5, 5.41) is 2.80. The molecular formula is C11H17N3O3. The molecule has 2 atom stereocenters. The number of hydrogen-bond donors (Lipinski definition) is 1. The average Bonchev–Trinajstić information content (AvgIpc) is 2.55. The van der Waals surface area contributed by atoms with Crippen LogP contribution in [0.25, 0.3) is 0 Å². The molecule has 0 radical (unpaired) electrons. The summed E-state index contributed by atoms with van der Waals surface area (Å²) in [6, 6.07) is 0. The Morgan fingerprint density at radius 2 is 2.00 bits per heavy atom. The fourth-order valence-corrected chi connectivity index (χ4v) is 2.59. The van der Waals surface area contributed by atoms with Crippen molar-refractivity contribution in [3.8, 4) is 0 Å². The van der Waals surface area contributed by atoms with Crippen molar-refractivity contribution < 1.29 is 14.4 Å². The first kappa shape index (κ1) is 12.0. The van der Waals surface area contributed by atoms with Gasteiger partial charge in [-0.2, -0.15) is 0 Å². The van der Waals surface area contributed by atoms with Crippen LogP contribution >= 0.6 is 0 Å². The largest absolute Gasteiger partial charge is 0.341 e. The lowest BCUT2D eigenvalue weighted by Crippen LogP contribution is -2.47. The van der Waals surface area contributed by atoms with Crippen LogP contribution in [0, 0.1) is 11.8 Å². The van der Waals surface area contributed by atoms with Crippen molar-refractivity contribution in [3.05, 3.63) is 0 Å². The van der Waals surface area contributed by atoms with E-state index in [2.05, 4.69) is 5.32 Å². The minimum absolute atomic E-state index is 0.0132. The standard InChI is InChI=1S/C11H17N3O3/c1-12-5-9(15)14-4-3-7-8(6-14)11(17)13(2)10(7)16/h7-8,12H,3-6H2,1-2H3. The number of imide groups is 1. The lowest BCUT2D eigenvalue weighted by atomic mass is 9.88. The second-order valence-electron chi connectivity index (χ2n) is 4.61. The van der Waals surface area contributed by atoms with Crippen LogP contribution < -0.4 is 5.32 Å². The Labute approximate surface area is 99.9 Å². The molecule has 0 saturated carbocycles. The van der Waals surface area contributed by atoms with Crippen LogP contribution in [-0.2, 0) is 14.4 Å². The molecule has 1 N–H and O–H groups in total. The van der Waals surface area contributed by atoms with Crippen LogP contribution in [-0.4, -0.2) is 61.3 Å². The third kappa shape index (κ3) is 1.93. The summed E-state index contributed by atoms with van der Waals surface area (Å²) in [6.07, 6.45) is 0.592. The molecule has 2 aliphatic rings. The number of amides is 3.